The van der Waals surface area contributed by atoms with Crippen molar-refractivity contribution in [2.24, 2.45) is 0 Å². The SMILES string of the molecule is Cc1ccsc1CNC1CC(c2ccccc2)C1. The van der Waals surface area contributed by atoms with Crippen LogP contribution in [0.5, 0.6) is 0 Å². The quantitative estimate of drug-likeness (QED) is 0.870. The molecule has 1 aliphatic carbocycles. The maximum absolute atomic E-state index is 3.67. The monoisotopic (exact) mass is 257 g/mol. The molecule has 3 rings (SSSR count). The van der Waals surface area contributed by atoms with Crippen LogP contribution in [0.25, 0.3) is 0 Å². The van der Waals surface area contributed by atoms with Crippen LogP contribution in [-0.2, 0) is 6.54 Å². The Morgan fingerprint density at radius 1 is 1.17 bits per heavy atom. The van der Waals surface area contributed by atoms with Crippen molar-refractivity contribution in [3.8, 4) is 0 Å². The lowest BCUT2D eigenvalue weighted by atomic mass is 9.76. The van der Waals surface area contributed by atoms with E-state index in [-0.39, 0.29) is 0 Å². The molecule has 1 nitrogen and oxygen atoms in total. The molecular weight excluding hydrogens is 238 g/mol. The zero-order chi connectivity index (χ0) is 12.4. The largest absolute Gasteiger partial charge is 0.309 e. The van der Waals surface area contributed by atoms with Crippen LogP contribution in [0.1, 0.15) is 34.8 Å². The smallest absolute Gasteiger partial charge is 0.0304 e. The van der Waals surface area contributed by atoms with Gasteiger partial charge < -0.3 is 5.32 Å². The Kier molecular flexibility index (Phi) is 3.48. The molecule has 94 valence electrons. The molecule has 2 aromatic rings. The van der Waals surface area contributed by atoms with Gasteiger partial charge in [-0.2, -0.15) is 0 Å². The zero-order valence-corrected chi connectivity index (χ0v) is 11.5. The predicted molar refractivity (Wildman–Crippen MR) is 78.1 cm³/mol. The van der Waals surface area contributed by atoms with Gasteiger partial charge in [0.05, 0.1) is 0 Å². The summed E-state index contributed by atoms with van der Waals surface area (Å²) >= 11 is 1.86. The molecule has 0 saturated heterocycles. The second-order valence-corrected chi connectivity index (χ2v) is 6.18. The van der Waals surface area contributed by atoms with Crippen LogP contribution < -0.4 is 5.32 Å². The van der Waals surface area contributed by atoms with E-state index in [0.29, 0.717) is 6.04 Å². The maximum atomic E-state index is 3.67. The summed E-state index contributed by atoms with van der Waals surface area (Å²) in [5.41, 5.74) is 2.93. The van der Waals surface area contributed by atoms with E-state index < -0.39 is 0 Å². The van der Waals surface area contributed by atoms with Gasteiger partial charge in [-0.25, -0.2) is 0 Å². The summed E-state index contributed by atoms with van der Waals surface area (Å²) < 4.78 is 0. The minimum atomic E-state index is 0.705. The summed E-state index contributed by atoms with van der Waals surface area (Å²) in [5, 5.41) is 5.85. The van der Waals surface area contributed by atoms with Crippen LogP contribution in [0.4, 0.5) is 0 Å². The standard InChI is InChI=1S/C16H19NS/c1-12-7-8-18-16(12)11-17-15-9-14(10-15)13-5-3-2-4-6-13/h2-8,14-15,17H,9-11H2,1H3. The summed E-state index contributed by atoms with van der Waals surface area (Å²) in [5.74, 6) is 0.771. The molecule has 1 aromatic carbocycles. The van der Waals surface area contributed by atoms with Gasteiger partial charge in [-0.3, -0.25) is 0 Å². The molecule has 1 aromatic heterocycles. The first-order valence-corrected chi connectivity index (χ1v) is 7.52. The molecule has 0 amide bonds. The second kappa shape index (κ2) is 5.25. The zero-order valence-electron chi connectivity index (χ0n) is 10.7. The highest BCUT2D eigenvalue weighted by atomic mass is 32.1. The van der Waals surface area contributed by atoms with Crippen molar-refractivity contribution in [1.82, 2.24) is 5.32 Å². The number of rotatable bonds is 4. The van der Waals surface area contributed by atoms with E-state index in [1.165, 1.54) is 28.8 Å². The lowest BCUT2D eigenvalue weighted by Crippen LogP contribution is -2.39. The summed E-state index contributed by atoms with van der Waals surface area (Å²) in [6.07, 6.45) is 2.57. The molecule has 0 atom stereocenters. The average Bonchev–Trinajstić information content (AvgIpc) is 2.74. The first-order valence-electron chi connectivity index (χ1n) is 6.64. The van der Waals surface area contributed by atoms with E-state index in [9.17, 15) is 0 Å². The topological polar surface area (TPSA) is 12.0 Å². The van der Waals surface area contributed by atoms with Crippen molar-refractivity contribution in [3.05, 3.63) is 57.8 Å². The van der Waals surface area contributed by atoms with Crippen molar-refractivity contribution in [1.29, 1.82) is 0 Å². The molecule has 0 radical (unpaired) electrons. The third kappa shape index (κ3) is 2.50. The Balaban J connectivity index is 1.47. The molecule has 1 N–H and O–H groups in total. The molecule has 2 heteroatoms. The first-order chi connectivity index (χ1) is 8.83. The molecule has 1 aliphatic rings. The van der Waals surface area contributed by atoms with Gasteiger partial charge in [-0.05, 0) is 48.3 Å². The van der Waals surface area contributed by atoms with Crippen LogP contribution in [0.2, 0.25) is 0 Å². The van der Waals surface area contributed by atoms with Gasteiger partial charge in [0.25, 0.3) is 0 Å². The third-order valence-electron chi connectivity index (χ3n) is 3.93. The van der Waals surface area contributed by atoms with Gasteiger partial charge in [-0.1, -0.05) is 30.3 Å². The number of aryl methyl sites for hydroxylation is 1. The van der Waals surface area contributed by atoms with E-state index in [4.69, 9.17) is 0 Å². The van der Waals surface area contributed by atoms with E-state index in [2.05, 4.69) is 54.0 Å². The van der Waals surface area contributed by atoms with Gasteiger partial charge in [-0.15, -0.1) is 11.3 Å². The Morgan fingerprint density at radius 2 is 1.94 bits per heavy atom. The third-order valence-corrected chi connectivity index (χ3v) is 4.95. The normalized spacial score (nSPS) is 22.7. The van der Waals surface area contributed by atoms with Gasteiger partial charge in [0.2, 0.25) is 0 Å². The van der Waals surface area contributed by atoms with Gasteiger partial charge in [0, 0.05) is 17.5 Å². The van der Waals surface area contributed by atoms with Crippen molar-refractivity contribution in [3.63, 3.8) is 0 Å². The molecular formula is C16H19NS. The van der Waals surface area contributed by atoms with Crippen molar-refractivity contribution >= 4 is 11.3 Å². The molecule has 1 fully saturated rings. The molecule has 1 saturated carbocycles. The van der Waals surface area contributed by atoms with E-state index in [1.54, 1.807) is 0 Å². The number of nitrogens with one attached hydrogen (secondary N) is 1. The minimum absolute atomic E-state index is 0.705. The van der Waals surface area contributed by atoms with Crippen molar-refractivity contribution in [2.45, 2.75) is 38.3 Å². The summed E-state index contributed by atoms with van der Waals surface area (Å²) in [6, 6.07) is 13.8. The van der Waals surface area contributed by atoms with E-state index in [1.807, 2.05) is 11.3 Å². The van der Waals surface area contributed by atoms with Crippen LogP contribution in [0.15, 0.2) is 41.8 Å². The Labute approximate surface area is 113 Å². The second-order valence-electron chi connectivity index (χ2n) is 5.18. The van der Waals surface area contributed by atoms with Crippen LogP contribution in [-0.4, -0.2) is 6.04 Å². The molecule has 0 bridgehead atoms. The molecule has 0 spiro atoms. The Hall–Kier alpha value is -1.12. The van der Waals surface area contributed by atoms with Gasteiger partial charge >= 0.3 is 0 Å². The summed E-state index contributed by atoms with van der Waals surface area (Å²) in [6.45, 7) is 3.23. The number of hydrogen-bond acceptors (Lipinski definition) is 2. The van der Waals surface area contributed by atoms with Gasteiger partial charge in [0.15, 0.2) is 0 Å². The molecule has 0 aliphatic heterocycles. The highest BCUT2D eigenvalue weighted by Gasteiger charge is 2.29. The molecule has 1 heterocycles. The average molecular weight is 257 g/mol. The molecule has 18 heavy (non-hydrogen) atoms. The number of thiophene rings is 1. The lowest BCUT2D eigenvalue weighted by molar-refractivity contribution is 0.290. The highest BCUT2D eigenvalue weighted by Crippen LogP contribution is 2.36. The molecule has 0 unspecified atom stereocenters. The summed E-state index contributed by atoms with van der Waals surface area (Å²) in [4.78, 5) is 1.48. The van der Waals surface area contributed by atoms with E-state index >= 15 is 0 Å². The van der Waals surface area contributed by atoms with Crippen LogP contribution >= 0.6 is 11.3 Å². The summed E-state index contributed by atoms with van der Waals surface area (Å²) in [7, 11) is 0. The highest BCUT2D eigenvalue weighted by molar-refractivity contribution is 7.10. The van der Waals surface area contributed by atoms with Crippen molar-refractivity contribution < 1.29 is 0 Å². The Bertz CT molecular complexity index is 497. The fourth-order valence-corrected chi connectivity index (χ4v) is 3.46. The predicted octanol–water partition coefficient (Wildman–Crippen LogP) is 4.09. The maximum Gasteiger partial charge on any atom is 0.0304 e. The van der Waals surface area contributed by atoms with Gasteiger partial charge in [0.1, 0.15) is 0 Å². The first kappa shape index (κ1) is 11.9. The Morgan fingerprint density at radius 3 is 2.61 bits per heavy atom. The number of benzene rings is 1. The lowest BCUT2D eigenvalue weighted by Gasteiger charge is -2.36. The fraction of sp³-hybridized carbons (Fsp3) is 0.375. The van der Waals surface area contributed by atoms with Crippen LogP contribution in [0, 0.1) is 6.92 Å². The fourth-order valence-electron chi connectivity index (χ4n) is 2.60. The number of hydrogen-bond donors (Lipinski definition) is 1. The van der Waals surface area contributed by atoms with Crippen LogP contribution in [0.3, 0.4) is 0 Å². The minimum Gasteiger partial charge on any atom is -0.309 e. The van der Waals surface area contributed by atoms with E-state index in [0.717, 1.165) is 12.5 Å². The van der Waals surface area contributed by atoms with Crippen molar-refractivity contribution in [2.75, 3.05) is 0 Å².